The summed E-state index contributed by atoms with van der Waals surface area (Å²) in [5, 5.41) is 5.73. The zero-order chi connectivity index (χ0) is 13.7. The molecule has 1 aromatic carbocycles. The van der Waals surface area contributed by atoms with Gasteiger partial charge < -0.3 is 10.2 Å². The number of thiazole rings is 1. The van der Waals surface area contributed by atoms with E-state index in [1.165, 1.54) is 11.3 Å². The number of nitrogens with one attached hydrogen (secondary N) is 1. The highest BCUT2D eigenvalue weighted by atomic mass is 32.1. The number of rotatable bonds is 5. The molecule has 4 nitrogen and oxygen atoms in total. The van der Waals surface area contributed by atoms with Gasteiger partial charge in [-0.2, -0.15) is 0 Å². The van der Waals surface area contributed by atoms with Crippen LogP contribution in [0.2, 0.25) is 0 Å². The zero-order valence-corrected chi connectivity index (χ0v) is 11.9. The van der Waals surface area contributed by atoms with Crippen LogP contribution in [0.5, 0.6) is 0 Å². The molecule has 0 atom stereocenters. The van der Waals surface area contributed by atoms with Crippen LogP contribution in [-0.4, -0.2) is 29.9 Å². The SMILES string of the molecule is CNc1nc(CC(=O)N(C)Cc2ccccc2)cs1. The monoisotopic (exact) mass is 275 g/mol. The van der Waals surface area contributed by atoms with Crippen LogP contribution in [0.1, 0.15) is 11.3 Å². The van der Waals surface area contributed by atoms with Gasteiger partial charge in [-0.05, 0) is 5.56 Å². The maximum absolute atomic E-state index is 12.1. The third kappa shape index (κ3) is 3.79. The molecule has 5 heteroatoms. The van der Waals surface area contributed by atoms with Crippen molar-refractivity contribution in [3.63, 3.8) is 0 Å². The molecule has 1 heterocycles. The van der Waals surface area contributed by atoms with Crippen molar-refractivity contribution in [3.8, 4) is 0 Å². The molecule has 2 aromatic rings. The second-order valence-electron chi connectivity index (χ2n) is 4.31. The summed E-state index contributed by atoms with van der Waals surface area (Å²) in [5.74, 6) is 0.0804. The first-order valence-corrected chi connectivity index (χ1v) is 6.97. The highest BCUT2D eigenvalue weighted by molar-refractivity contribution is 7.13. The molecule has 2 rings (SSSR count). The van der Waals surface area contributed by atoms with E-state index in [1.54, 1.807) is 4.90 Å². The Morgan fingerprint density at radius 1 is 1.37 bits per heavy atom. The summed E-state index contributed by atoms with van der Waals surface area (Å²) < 4.78 is 0. The van der Waals surface area contributed by atoms with Crippen LogP contribution in [0.3, 0.4) is 0 Å². The van der Waals surface area contributed by atoms with E-state index in [1.807, 2.05) is 49.8 Å². The molecule has 1 amide bonds. The van der Waals surface area contributed by atoms with Crippen molar-refractivity contribution in [2.24, 2.45) is 0 Å². The van der Waals surface area contributed by atoms with Gasteiger partial charge in [0.15, 0.2) is 5.13 Å². The summed E-state index contributed by atoms with van der Waals surface area (Å²) in [6.45, 7) is 0.628. The summed E-state index contributed by atoms with van der Waals surface area (Å²) in [5.41, 5.74) is 1.95. The fraction of sp³-hybridized carbons (Fsp3) is 0.286. The van der Waals surface area contributed by atoms with E-state index in [-0.39, 0.29) is 5.91 Å². The first-order valence-electron chi connectivity index (χ1n) is 6.09. The molecular formula is C14H17N3OS. The van der Waals surface area contributed by atoms with E-state index in [0.717, 1.165) is 16.4 Å². The lowest BCUT2D eigenvalue weighted by Crippen LogP contribution is -2.27. The molecule has 0 aliphatic carbocycles. The lowest BCUT2D eigenvalue weighted by molar-refractivity contribution is -0.129. The number of carbonyl (C=O) groups is 1. The van der Waals surface area contributed by atoms with Crippen LogP contribution in [0.4, 0.5) is 5.13 Å². The number of hydrogen-bond donors (Lipinski definition) is 1. The van der Waals surface area contributed by atoms with Gasteiger partial charge in [0.2, 0.25) is 5.91 Å². The van der Waals surface area contributed by atoms with Gasteiger partial charge in [0.1, 0.15) is 0 Å². The van der Waals surface area contributed by atoms with E-state index < -0.39 is 0 Å². The summed E-state index contributed by atoms with van der Waals surface area (Å²) >= 11 is 1.51. The number of amides is 1. The molecule has 100 valence electrons. The Hall–Kier alpha value is -1.88. The Balaban J connectivity index is 1.92. The number of benzene rings is 1. The quantitative estimate of drug-likeness (QED) is 0.911. The second kappa shape index (κ2) is 6.33. The lowest BCUT2D eigenvalue weighted by Gasteiger charge is -2.16. The zero-order valence-electron chi connectivity index (χ0n) is 11.1. The maximum atomic E-state index is 12.1. The van der Waals surface area contributed by atoms with Gasteiger partial charge in [-0.15, -0.1) is 11.3 Å². The first-order chi connectivity index (χ1) is 9.19. The fourth-order valence-electron chi connectivity index (χ4n) is 1.74. The molecule has 0 unspecified atom stereocenters. The van der Waals surface area contributed by atoms with E-state index in [4.69, 9.17) is 0 Å². The normalized spacial score (nSPS) is 10.2. The van der Waals surface area contributed by atoms with Crippen molar-refractivity contribution in [2.75, 3.05) is 19.4 Å². The van der Waals surface area contributed by atoms with E-state index in [0.29, 0.717) is 13.0 Å². The predicted molar refractivity (Wildman–Crippen MR) is 78.3 cm³/mol. The van der Waals surface area contributed by atoms with Crippen molar-refractivity contribution in [1.29, 1.82) is 0 Å². The Morgan fingerprint density at radius 2 is 2.11 bits per heavy atom. The summed E-state index contributed by atoms with van der Waals surface area (Å²) in [6.07, 6.45) is 0.349. The van der Waals surface area contributed by atoms with Crippen molar-refractivity contribution >= 4 is 22.4 Å². The van der Waals surface area contributed by atoms with Gasteiger partial charge in [0.25, 0.3) is 0 Å². The average Bonchev–Trinajstić information content (AvgIpc) is 2.87. The van der Waals surface area contributed by atoms with E-state index in [9.17, 15) is 4.79 Å². The highest BCUT2D eigenvalue weighted by Crippen LogP contribution is 2.15. The van der Waals surface area contributed by atoms with Crippen molar-refractivity contribution in [1.82, 2.24) is 9.88 Å². The van der Waals surface area contributed by atoms with E-state index >= 15 is 0 Å². The minimum atomic E-state index is 0.0804. The average molecular weight is 275 g/mol. The number of hydrogen-bond acceptors (Lipinski definition) is 4. The Bertz CT molecular complexity index is 539. The van der Waals surface area contributed by atoms with Crippen LogP contribution in [0, 0.1) is 0 Å². The molecule has 19 heavy (non-hydrogen) atoms. The summed E-state index contributed by atoms with van der Waals surface area (Å²) in [4.78, 5) is 18.1. The van der Waals surface area contributed by atoms with Crippen LogP contribution < -0.4 is 5.32 Å². The highest BCUT2D eigenvalue weighted by Gasteiger charge is 2.12. The van der Waals surface area contributed by atoms with Crippen LogP contribution in [0.15, 0.2) is 35.7 Å². The summed E-state index contributed by atoms with van der Waals surface area (Å²) in [7, 11) is 3.65. The maximum Gasteiger partial charge on any atom is 0.228 e. The van der Waals surface area contributed by atoms with Crippen LogP contribution >= 0.6 is 11.3 Å². The second-order valence-corrected chi connectivity index (χ2v) is 5.16. The number of carbonyl (C=O) groups excluding carboxylic acids is 1. The van der Waals surface area contributed by atoms with Gasteiger partial charge in [-0.3, -0.25) is 4.79 Å². The van der Waals surface area contributed by atoms with Gasteiger partial charge in [-0.1, -0.05) is 30.3 Å². The van der Waals surface area contributed by atoms with Gasteiger partial charge >= 0.3 is 0 Å². The fourth-order valence-corrected chi connectivity index (χ4v) is 2.41. The lowest BCUT2D eigenvalue weighted by atomic mass is 10.2. The Labute approximate surface area is 117 Å². The third-order valence-corrected chi connectivity index (χ3v) is 3.69. The molecule has 0 radical (unpaired) electrons. The predicted octanol–water partition coefficient (Wildman–Crippen LogP) is 2.39. The third-order valence-electron chi connectivity index (χ3n) is 2.79. The first kappa shape index (κ1) is 13.5. The molecule has 0 spiro atoms. The molecule has 1 N–H and O–H groups in total. The smallest absolute Gasteiger partial charge is 0.228 e. The van der Waals surface area contributed by atoms with Crippen LogP contribution in [0.25, 0.3) is 0 Å². The minimum Gasteiger partial charge on any atom is -0.365 e. The van der Waals surface area contributed by atoms with E-state index in [2.05, 4.69) is 10.3 Å². The largest absolute Gasteiger partial charge is 0.365 e. The molecule has 0 aliphatic rings. The van der Waals surface area contributed by atoms with Crippen molar-refractivity contribution in [2.45, 2.75) is 13.0 Å². The topological polar surface area (TPSA) is 45.2 Å². The number of nitrogens with zero attached hydrogens (tertiary/aromatic N) is 2. The van der Waals surface area contributed by atoms with Crippen LogP contribution in [-0.2, 0) is 17.8 Å². The molecule has 0 saturated heterocycles. The molecular weight excluding hydrogens is 258 g/mol. The molecule has 0 saturated carbocycles. The molecule has 0 aliphatic heterocycles. The number of anilines is 1. The van der Waals surface area contributed by atoms with Gasteiger partial charge in [-0.25, -0.2) is 4.98 Å². The minimum absolute atomic E-state index is 0.0804. The van der Waals surface area contributed by atoms with Gasteiger partial charge in [0.05, 0.1) is 12.1 Å². The summed E-state index contributed by atoms with van der Waals surface area (Å²) in [6, 6.07) is 9.97. The molecule has 0 bridgehead atoms. The number of aromatic nitrogens is 1. The number of likely N-dealkylation sites (N-methyl/N-ethyl adjacent to an activating group) is 1. The van der Waals surface area contributed by atoms with Crippen molar-refractivity contribution < 1.29 is 4.79 Å². The van der Waals surface area contributed by atoms with Crippen molar-refractivity contribution in [3.05, 3.63) is 47.0 Å². The molecule has 1 aromatic heterocycles. The Kier molecular flexibility index (Phi) is 4.52. The Morgan fingerprint density at radius 3 is 2.74 bits per heavy atom. The van der Waals surface area contributed by atoms with Gasteiger partial charge in [0, 0.05) is 26.0 Å². The standard InChI is InChI=1S/C14H17N3OS/c1-15-14-16-12(10-19-14)8-13(18)17(2)9-11-6-4-3-5-7-11/h3-7,10H,8-9H2,1-2H3,(H,15,16). The molecule has 0 fully saturated rings.